The van der Waals surface area contributed by atoms with Crippen molar-refractivity contribution in [2.24, 2.45) is 23.5 Å². The summed E-state index contributed by atoms with van der Waals surface area (Å²) in [5, 5.41) is 3.01. The minimum absolute atomic E-state index is 0.0971. The summed E-state index contributed by atoms with van der Waals surface area (Å²) < 4.78 is 5.25. The standard InChI is InChI=1S/C30H42N4O4/c1-5-8-25(28(31)35)26(15-20(2)3)29(36)33-27-9-6-7-14-34(30(27)37)19-21-16-23(18-32-17-21)22-10-12-24(38-4)13-11-22/h10-13,16-18,20,25-27H,5-9,14-15,19H2,1-4H3,(H2,31,35)(H,33,36)/t25-,26?,27-/m0/s1. The summed E-state index contributed by atoms with van der Waals surface area (Å²) in [4.78, 5) is 45.4. The van der Waals surface area contributed by atoms with Gasteiger partial charge in [0.1, 0.15) is 11.8 Å². The van der Waals surface area contributed by atoms with E-state index in [0.717, 1.165) is 41.7 Å². The number of carbonyl (C=O) groups excluding carboxylic acids is 3. The van der Waals surface area contributed by atoms with Crippen LogP contribution >= 0.6 is 0 Å². The third kappa shape index (κ3) is 7.79. The van der Waals surface area contributed by atoms with E-state index < -0.39 is 23.8 Å². The number of nitrogens with one attached hydrogen (secondary N) is 1. The van der Waals surface area contributed by atoms with Gasteiger partial charge in [0, 0.05) is 42.9 Å². The number of hydrogen-bond donors (Lipinski definition) is 2. The highest BCUT2D eigenvalue weighted by atomic mass is 16.5. The highest BCUT2D eigenvalue weighted by molar-refractivity contribution is 5.91. The largest absolute Gasteiger partial charge is 0.497 e. The van der Waals surface area contributed by atoms with Crippen molar-refractivity contribution in [2.45, 2.75) is 71.9 Å². The molecule has 38 heavy (non-hydrogen) atoms. The minimum Gasteiger partial charge on any atom is -0.497 e. The van der Waals surface area contributed by atoms with E-state index >= 15 is 0 Å². The third-order valence-electron chi connectivity index (χ3n) is 7.20. The number of hydrogen-bond acceptors (Lipinski definition) is 5. The zero-order valence-corrected chi connectivity index (χ0v) is 23.1. The second-order valence-corrected chi connectivity index (χ2v) is 10.7. The Morgan fingerprint density at radius 2 is 1.87 bits per heavy atom. The van der Waals surface area contributed by atoms with Gasteiger partial charge in [-0.25, -0.2) is 0 Å². The number of carbonyl (C=O) groups is 3. The summed E-state index contributed by atoms with van der Waals surface area (Å²) in [7, 11) is 1.64. The lowest BCUT2D eigenvalue weighted by Gasteiger charge is -2.29. The molecule has 206 valence electrons. The zero-order valence-electron chi connectivity index (χ0n) is 23.1. The van der Waals surface area contributed by atoms with Crippen molar-refractivity contribution in [3.8, 4) is 16.9 Å². The van der Waals surface area contributed by atoms with Crippen LogP contribution in [0.3, 0.4) is 0 Å². The Balaban J connectivity index is 1.74. The normalized spacial score (nSPS) is 17.6. The molecule has 1 aromatic heterocycles. The highest BCUT2D eigenvalue weighted by Gasteiger charge is 2.35. The molecule has 0 spiro atoms. The molecule has 1 aliphatic rings. The molecule has 0 bridgehead atoms. The van der Waals surface area contributed by atoms with Crippen LogP contribution < -0.4 is 15.8 Å². The van der Waals surface area contributed by atoms with Crippen molar-refractivity contribution in [1.82, 2.24) is 15.2 Å². The van der Waals surface area contributed by atoms with Crippen LogP contribution in [0.1, 0.15) is 64.9 Å². The van der Waals surface area contributed by atoms with Gasteiger partial charge in [-0.1, -0.05) is 39.3 Å². The van der Waals surface area contributed by atoms with Gasteiger partial charge in [-0.05, 0) is 67.3 Å². The molecule has 3 rings (SSSR count). The van der Waals surface area contributed by atoms with Crippen molar-refractivity contribution in [3.63, 3.8) is 0 Å². The van der Waals surface area contributed by atoms with Crippen molar-refractivity contribution >= 4 is 17.7 Å². The lowest BCUT2D eigenvalue weighted by Crippen LogP contribution is -2.50. The third-order valence-corrected chi connectivity index (χ3v) is 7.20. The van der Waals surface area contributed by atoms with Crippen molar-refractivity contribution in [1.29, 1.82) is 0 Å². The van der Waals surface area contributed by atoms with Crippen LogP contribution in [0.4, 0.5) is 0 Å². The molecule has 3 amide bonds. The number of ether oxygens (including phenoxy) is 1. The number of nitrogens with two attached hydrogens (primary N) is 1. The summed E-state index contributed by atoms with van der Waals surface area (Å²) >= 11 is 0. The molecule has 8 nitrogen and oxygen atoms in total. The maximum atomic E-state index is 13.6. The van der Waals surface area contributed by atoms with E-state index in [9.17, 15) is 14.4 Å². The van der Waals surface area contributed by atoms with Gasteiger partial charge in [-0.2, -0.15) is 0 Å². The fourth-order valence-corrected chi connectivity index (χ4v) is 5.23. The monoisotopic (exact) mass is 522 g/mol. The molecular weight excluding hydrogens is 480 g/mol. The molecule has 2 aromatic rings. The summed E-state index contributed by atoms with van der Waals surface area (Å²) in [6, 6.07) is 9.20. The molecule has 1 saturated heterocycles. The number of rotatable bonds is 12. The molecule has 1 unspecified atom stereocenters. The van der Waals surface area contributed by atoms with Crippen molar-refractivity contribution in [3.05, 3.63) is 48.3 Å². The van der Waals surface area contributed by atoms with Crippen LogP contribution in [-0.2, 0) is 20.9 Å². The molecule has 3 N–H and O–H groups in total. The molecule has 1 aliphatic heterocycles. The van der Waals surface area contributed by atoms with E-state index in [-0.39, 0.29) is 17.7 Å². The number of aromatic nitrogens is 1. The van der Waals surface area contributed by atoms with E-state index in [1.807, 2.05) is 56.0 Å². The summed E-state index contributed by atoms with van der Waals surface area (Å²) in [5.74, 6) is -0.872. The summed E-state index contributed by atoms with van der Waals surface area (Å²) in [6.07, 6.45) is 7.72. The second kappa shape index (κ2) is 13.9. The molecule has 3 atom stereocenters. The van der Waals surface area contributed by atoms with E-state index in [0.29, 0.717) is 32.4 Å². The molecule has 8 heteroatoms. The van der Waals surface area contributed by atoms with E-state index in [1.165, 1.54) is 0 Å². The van der Waals surface area contributed by atoms with Crippen LogP contribution in [-0.4, -0.2) is 47.3 Å². The first-order valence-corrected chi connectivity index (χ1v) is 13.7. The topological polar surface area (TPSA) is 115 Å². The first-order chi connectivity index (χ1) is 18.2. The van der Waals surface area contributed by atoms with E-state index in [1.54, 1.807) is 19.5 Å². The van der Waals surface area contributed by atoms with Crippen molar-refractivity contribution in [2.75, 3.05) is 13.7 Å². The van der Waals surface area contributed by atoms with Gasteiger partial charge in [0.2, 0.25) is 17.7 Å². The van der Waals surface area contributed by atoms with Gasteiger partial charge in [0.05, 0.1) is 7.11 Å². The molecule has 0 radical (unpaired) electrons. The van der Waals surface area contributed by atoms with Gasteiger partial charge in [0.15, 0.2) is 0 Å². The fraction of sp³-hybridized carbons (Fsp3) is 0.533. The molecule has 1 aromatic carbocycles. The van der Waals surface area contributed by atoms with Gasteiger partial charge < -0.3 is 20.7 Å². The Kier molecular flexibility index (Phi) is 10.7. The Morgan fingerprint density at radius 3 is 2.50 bits per heavy atom. The Bertz CT molecular complexity index is 1090. The van der Waals surface area contributed by atoms with Crippen molar-refractivity contribution < 1.29 is 19.1 Å². The smallest absolute Gasteiger partial charge is 0.245 e. The van der Waals surface area contributed by atoms with Crippen LogP contribution in [0.25, 0.3) is 11.1 Å². The van der Waals surface area contributed by atoms with Gasteiger partial charge >= 0.3 is 0 Å². The lowest BCUT2D eigenvalue weighted by molar-refractivity contribution is -0.139. The van der Waals surface area contributed by atoms with E-state index in [4.69, 9.17) is 10.5 Å². The Morgan fingerprint density at radius 1 is 1.13 bits per heavy atom. The number of pyridine rings is 1. The Labute approximate surface area is 226 Å². The predicted molar refractivity (Wildman–Crippen MR) is 148 cm³/mol. The molecular formula is C30H42N4O4. The summed E-state index contributed by atoms with van der Waals surface area (Å²) in [6.45, 7) is 7.06. The van der Waals surface area contributed by atoms with Gasteiger partial charge in [0.25, 0.3) is 0 Å². The van der Waals surface area contributed by atoms with E-state index in [2.05, 4.69) is 10.3 Å². The molecule has 0 aliphatic carbocycles. The average molecular weight is 523 g/mol. The average Bonchev–Trinajstić information content (AvgIpc) is 3.07. The minimum atomic E-state index is -0.618. The maximum absolute atomic E-state index is 13.6. The zero-order chi connectivity index (χ0) is 27.7. The predicted octanol–water partition coefficient (Wildman–Crippen LogP) is 4.32. The quantitative estimate of drug-likeness (QED) is 0.431. The maximum Gasteiger partial charge on any atom is 0.245 e. The SMILES string of the molecule is CCC[C@H](C(N)=O)C(CC(C)C)C(=O)N[C@H]1CCCCN(Cc2cncc(-c3ccc(OC)cc3)c2)C1=O. The van der Waals surface area contributed by atoms with Crippen LogP contribution in [0.2, 0.25) is 0 Å². The number of nitrogens with zero attached hydrogens (tertiary/aromatic N) is 2. The summed E-state index contributed by atoms with van der Waals surface area (Å²) in [5.41, 5.74) is 8.59. The molecule has 0 saturated carbocycles. The fourth-order valence-electron chi connectivity index (χ4n) is 5.23. The molecule has 1 fully saturated rings. The number of benzene rings is 1. The molecule has 2 heterocycles. The first kappa shape index (κ1) is 29.1. The van der Waals surface area contributed by atoms with Gasteiger partial charge in [-0.3, -0.25) is 19.4 Å². The highest BCUT2D eigenvalue weighted by Crippen LogP contribution is 2.27. The number of likely N-dealkylation sites (tertiary alicyclic amines) is 1. The number of primary amides is 1. The van der Waals surface area contributed by atoms with Crippen LogP contribution in [0.5, 0.6) is 5.75 Å². The lowest BCUT2D eigenvalue weighted by atomic mass is 9.81. The van der Waals surface area contributed by atoms with Gasteiger partial charge in [-0.15, -0.1) is 0 Å². The first-order valence-electron chi connectivity index (χ1n) is 13.7. The Hall–Kier alpha value is -3.42. The number of amides is 3. The van der Waals surface area contributed by atoms with Crippen LogP contribution in [0.15, 0.2) is 42.7 Å². The number of methoxy groups -OCH3 is 1. The van der Waals surface area contributed by atoms with Crippen LogP contribution in [0, 0.1) is 17.8 Å². The second-order valence-electron chi connectivity index (χ2n) is 10.7.